The molecule has 4 rings (SSSR count). The van der Waals surface area contributed by atoms with Gasteiger partial charge in [0, 0.05) is 18.4 Å². The first kappa shape index (κ1) is 15.9. The first-order valence-electron chi connectivity index (χ1n) is 8.67. The zero-order valence-electron chi connectivity index (χ0n) is 13.9. The zero-order valence-corrected chi connectivity index (χ0v) is 13.9. The maximum absolute atomic E-state index is 12.1. The Morgan fingerprint density at radius 3 is 2.28 bits per heavy atom. The van der Waals surface area contributed by atoms with Gasteiger partial charge in [0.2, 0.25) is 0 Å². The Kier molecular flexibility index (Phi) is 4.28. The summed E-state index contributed by atoms with van der Waals surface area (Å²) < 4.78 is 5.52. The molecule has 0 saturated carbocycles. The van der Waals surface area contributed by atoms with E-state index in [1.807, 2.05) is 36.4 Å². The van der Waals surface area contributed by atoms with Gasteiger partial charge in [0.1, 0.15) is 6.61 Å². The van der Waals surface area contributed by atoms with Gasteiger partial charge in [-0.1, -0.05) is 60.7 Å². The Labute approximate surface area is 147 Å². The van der Waals surface area contributed by atoms with Gasteiger partial charge in [-0.25, -0.2) is 4.79 Å². The third-order valence-electron chi connectivity index (χ3n) is 5.05. The van der Waals surface area contributed by atoms with Crippen molar-refractivity contribution in [3.63, 3.8) is 0 Å². The lowest BCUT2D eigenvalue weighted by Crippen LogP contribution is -2.34. The minimum atomic E-state index is -0.407. The van der Waals surface area contributed by atoms with Crippen LogP contribution >= 0.6 is 0 Å². The van der Waals surface area contributed by atoms with E-state index < -0.39 is 6.09 Å². The van der Waals surface area contributed by atoms with Crippen LogP contribution in [-0.4, -0.2) is 30.5 Å². The van der Waals surface area contributed by atoms with E-state index in [-0.39, 0.29) is 24.5 Å². The van der Waals surface area contributed by atoms with Crippen molar-refractivity contribution in [3.05, 3.63) is 71.8 Å². The molecule has 4 heteroatoms. The highest BCUT2D eigenvalue weighted by atomic mass is 16.5. The lowest BCUT2D eigenvalue weighted by atomic mass is 9.98. The van der Waals surface area contributed by atoms with Gasteiger partial charge in [0.25, 0.3) is 0 Å². The second kappa shape index (κ2) is 6.73. The van der Waals surface area contributed by atoms with Crippen molar-refractivity contribution in [2.45, 2.75) is 18.4 Å². The second-order valence-electron chi connectivity index (χ2n) is 6.64. The van der Waals surface area contributed by atoms with E-state index in [0.717, 1.165) is 6.42 Å². The number of nitrogens with one attached hydrogen (secondary N) is 1. The molecule has 0 aliphatic heterocycles. The first-order valence-corrected chi connectivity index (χ1v) is 8.67. The summed E-state index contributed by atoms with van der Waals surface area (Å²) in [6.07, 6.45) is 4.17. The molecule has 2 aromatic rings. The van der Waals surface area contributed by atoms with Crippen molar-refractivity contribution in [2.75, 3.05) is 13.2 Å². The number of fused-ring (bicyclic) bond motifs is 3. The van der Waals surface area contributed by atoms with Crippen LogP contribution in [0.4, 0.5) is 4.79 Å². The summed E-state index contributed by atoms with van der Waals surface area (Å²) >= 11 is 0. The van der Waals surface area contributed by atoms with Gasteiger partial charge in [-0.05, 0) is 28.7 Å². The number of aliphatic hydroxyl groups excluding tert-OH is 1. The molecule has 2 aliphatic carbocycles. The van der Waals surface area contributed by atoms with Crippen LogP contribution in [0.5, 0.6) is 0 Å². The van der Waals surface area contributed by atoms with Crippen molar-refractivity contribution >= 4 is 6.09 Å². The van der Waals surface area contributed by atoms with E-state index in [2.05, 4.69) is 29.6 Å². The minimum absolute atomic E-state index is 0.0622. The summed E-state index contributed by atoms with van der Waals surface area (Å²) in [4.78, 5) is 12.1. The lowest BCUT2D eigenvalue weighted by molar-refractivity contribution is 0.139. The third kappa shape index (κ3) is 3.05. The molecule has 0 spiro atoms. The fourth-order valence-corrected chi connectivity index (χ4v) is 3.81. The van der Waals surface area contributed by atoms with Gasteiger partial charge in [-0.3, -0.25) is 0 Å². The van der Waals surface area contributed by atoms with E-state index in [4.69, 9.17) is 9.84 Å². The van der Waals surface area contributed by atoms with Crippen LogP contribution in [-0.2, 0) is 4.74 Å². The number of carbonyl (C=O) groups is 1. The standard InChI is InChI=1S/C21H21NO3/c23-12-14-9-10-15(11-14)22-21(24)25-13-20-18-7-3-1-5-16(18)17-6-2-4-8-19(17)20/h1-10,14-15,20,23H,11-13H2,(H,22,24)/t14-,15+/m0/s1. The highest BCUT2D eigenvalue weighted by Gasteiger charge is 2.29. The first-order chi connectivity index (χ1) is 12.3. The summed E-state index contributed by atoms with van der Waals surface area (Å²) in [5.41, 5.74) is 4.85. The lowest BCUT2D eigenvalue weighted by Gasteiger charge is -2.16. The van der Waals surface area contributed by atoms with Crippen LogP contribution < -0.4 is 5.32 Å². The average molecular weight is 335 g/mol. The smallest absolute Gasteiger partial charge is 0.407 e. The van der Waals surface area contributed by atoms with E-state index in [9.17, 15) is 4.79 Å². The SMILES string of the molecule is O=C(N[C@@H]1C=C[C@H](CO)C1)OCC1c2ccccc2-c2ccccc21. The topological polar surface area (TPSA) is 58.6 Å². The highest BCUT2D eigenvalue weighted by Crippen LogP contribution is 2.44. The maximum atomic E-state index is 12.1. The summed E-state index contributed by atoms with van der Waals surface area (Å²) in [7, 11) is 0. The molecule has 128 valence electrons. The van der Waals surface area contributed by atoms with Crippen LogP contribution in [0.2, 0.25) is 0 Å². The molecule has 0 unspecified atom stereocenters. The molecule has 2 aliphatic rings. The minimum Gasteiger partial charge on any atom is -0.449 e. The Morgan fingerprint density at radius 2 is 1.68 bits per heavy atom. The molecule has 2 aromatic carbocycles. The fourth-order valence-electron chi connectivity index (χ4n) is 3.81. The molecule has 0 saturated heterocycles. The molecule has 2 N–H and O–H groups in total. The van der Waals surface area contributed by atoms with Crippen LogP contribution in [0.25, 0.3) is 11.1 Å². The quantitative estimate of drug-likeness (QED) is 0.841. The molecule has 0 aromatic heterocycles. The van der Waals surface area contributed by atoms with Gasteiger partial charge < -0.3 is 15.2 Å². The van der Waals surface area contributed by atoms with Crippen LogP contribution in [0, 0.1) is 5.92 Å². The number of hydrogen-bond donors (Lipinski definition) is 2. The van der Waals surface area contributed by atoms with Gasteiger partial charge >= 0.3 is 6.09 Å². The fraction of sp³-hybridized carbons (Fsp3) is 0.286. The molecule has 4 nitrogen and oxygen atoms in total. The number of carbonyl (C=O) groups excluding carboxylic acids is 1. The predicted molar refractivity (Wildman–Crippen MR) is 96.3 cm³/mol. The van der Waals surface area contributed by atoms with Crippen molar-refractivity contribution in [3.8, 4) is 11.1 Å². The number of amides is 1. The third-order valence-corrected chi connectivity index (χ3v) is 5.05. The van der Waals surface area contributed by atoms with Crippen molar-refractivity contribution in [1.29, 1.82) is 0 Å². The normalized spacial score (nSPS) is 21.0. The molecular weight excluding hydrogens is 314 g/mol. The zero-order chi connectivity index (χ0) is 17.2. The number of alkyl carbamates (subject to hydrolysis) is 1. The summed E-state index contributed by atoms with van der Waals surface area (Å²) in [5, 5.41) is 12.0. The van der Waals surface area contributed by atoms with Crippen molar-refractivity contribution < 1.29 is 14.6 Å². The number of ether oxygens (including phenoxy) is 1. The van der Waals surface area contributed by atoms with Crippen LogP contribution in [0.15, 0.2) is 60.7 Å². The Morgan fingerprint density at radius 1 is 1.04 bits per heavy atom. The van der Waals surface area contributed by atoms with Gasteiger partial charge in [0.15, 0.2) is 0 Å². The second-order valence-corrected chi connectivity index (χ2v) is 6.64. The van der Waals surface area contributed by atoms with Crippen LogP contribution in [0.1, 0.15) is 23.5 Å². The monoisotopic (exact) mass is 335 g/mol. The highest BCUT2D eigenvalue weighted by molar-refractivity contribution is 5.79. The predicted octanol–water partition coefficient (Wildman–Crippen LogP) is 3.46. The Bertz CT molecular complexity index is 769. The summed E-state index contributed by atoms with van der Waals surface area (Å²) in [6.45, 7) is 0.430. The summed E-state index contributed by atoms with van der Waals surface area (Å²) in [5.74, 6) is 0.196. The summed E-state index contributed by atoms with van der Waals surface area (Å²) in [6, 6.07) is 16.5. The average Bonchev–Trinajstić information content (AvgIpc) is 3.22. The molecule has 2 atom stereocenters. The Hall–Kier alpha value is -2.59. The van der Waals surface area contributed by atoms with Crippen LogP contribution in [0.3, 0.4) is 0 Å². The van der Waals surface area contributed by atoms with Crippen molar-refractivity contribution in [2.24, 2.45) is 5.92 Å². The molecule has 1 amide bonds. The van der Waals surface area contributed by atoms with Gasteiger partial charge in [-0.15, -0.1) is 0 Å². The van der Waals surface area contributed by atoms with E-state index in [1.165, 1.54) is 22.3 Å². The van der Waals surface area contributed by atoms with Gasteiger partial charge in [0.05, 0.1) is 6.04 Å². The molecule has 0 bridgehead atoms. The Balaban J connectivity index is 1.43. The van der Waals surface area contributed by atoms with E-state index >= 15 is 0 Å². The molecule has 0 radical (unpaired) electrons. The maximum Gasteiger partial charge on any atom is 0.407 e. The molecule has 0 heterocycles. The van der Waals surface area contributed by atoms with E-state index in [1.54, 1.807) is 0 Å². The number of rotatable bonds is 4. The number of aliphatic hydroxyl groups is 1. The number of hydrogen-bond acceptors (Lipinski definition) is 3. The molecular formula is C21H21NO3. The molecule has 25 heavy (non-hydrogen) atoms. The number of benzene rings is 2. The van der Waals surface area contributed by atoms with Gasteiger partial charge in [-0.2, -0.15) is 0 Å². The molecule has 0 fully saturated rings. The largest absolute Gasteiger partial charge is 0.449 e. The van der Waals surface area contributed by atoms with Crippen molar-refractivity contribution in [1.82, 2.24) is 5.32 Å². The van der Waals surface area contributed by atoms with E-state index in [0.29, 0.717) is 6.61 Å².